The molecule has 11 nitrogen and oxygen atoms in total. The molecule has 3 aromatic rings. The molecule has 0 bridgehead atoms. The Bertz CT molecular complexity index is 1690. The zero-order valence-electron chi connectivity index (χ0n) is 24.6. The van der Waals surface area contributed by atoms with Crippen LogP contribution in [-0.2, 0) is 51.1 Å². The van der Waals surface area contributed by atoms with E-state index in [4.69, 9.17) is 24.1 Å². The standard InChI is InChI=1S/C14H8O4.C10H5BrO3.C6H8O2.CH4NP.CH4.ClH.2Cu.O/c1-7(15)11-6-10-12(16)8-4-2-3-5-9(8)13(17)14(10)18-11;11-7-8(12)5-3-1-2-4-6(5)9(13)10(7)14;1-3-6(2)7-4-5-8-6;1-2-3;;;;;/h2-6H,1H3;1-4,12H;1H,4-5H2,2H3;3H,1H3;1H4;1H;;;. The molecule has 2 aromatic carbocycles. The molecule has 264 valence electrons. The number of rotatable bonds is 1. The van der Waals surface area contributed by atoms with E-state index >= 15 is 0 Å². The van der Waals surface area contributed by atoms with Crippen LogP contribution in [0.1, 0.15) is 79.8 Å². The number of Topliss-reactive ketones (excluding diaryl/α,β-unsaturated/α-hetero) is 3. The molecule has 3 aliphatic rings. The summed E-state index contributed by atoms with van der Waals surface area (Å²) in [4.78, 5) is 58.3. The summed E-state index contributed by atoms with van der Waals surface area (Å²) in [5.41, 5.74) is 1.48. The molecule has 1 fully saturated rings. The Morgan fingerprint density at radius 3 is 1.75 bits per heavy atom. The first-order chi connectivity index (χ1) is 21.4. The Morgan fingerprint density at radius 1 is 0.917 bits per heavy atom. The number of hydrogen-bond donors (Lipinski definition) is 1. The second-order valence-corrected chi connectivity index (χ2v) is 10.2. The van der Waals surface area contributed by atoms with Gasteiger partial charge in [0, 0.05) is 60.2 Å². The molecule has 1 aliphatic heterocycles. The third kappa shape index (κ3) is 10.9. The normalized spacial score (nSPS) is 14.1. The van der Waals surface area contributed by atoms with Crippen molar-refractivity contribution in [2.45, 2.75) is 27.1 Å². The summed E-state index contributed by atoms with van der Waals surface area (Å²) >= 11 is 5.83. The number of terminal acetylenes is 1. The van der Waals surface area contributed by atoms with Crippen LogP contribution >= 0.6 is 37.4 Å². The molecule has 16 heteroatoms. The zero-order valence-corrected chi connectivity index (χ0v) is 29.9. The van der Waals surface area contributed by atoms with E-state index in [2.05, 4.69) is 51.6 Å². The summed E-state index contributed by atoms with van der Waals surface area (Å²) in [6.45, 7) is 4.29. The topological polar surface area (TPSA) is 167 Å². The number of ether oxygens (including phenoxy) is 2. The van der Waals surface area contributed by atoms with Crippen molar-refractivity contribution in [2.75, 3.05) is 20.3 Å². The number of nitrogens with zero attached hydrogens (tertiary/aromatic N) is 1. The van der Waals surface area contributed by atoms with Crippen molar-refractivity contribution in [1.29, 1.82) is 0 Å². The predicted molar refractivity (Wildman–Crippen MR) is 177 cm³/mol. The van der Waals surface area contributed by atoms with Gasteiger partial charge in [-0.05, 0) is 36.9 Å². The number of halogens is 2. The SMILES string of the molecule is C.C#CC1(C)OCCO1.CC(=O)c1cc2c(o1)C(=O)c1ccccc1C2=O.CN=P.Cl.O=C1C(=O)c2ccccc2C(O)=C1Br.[Cu].[O]=[Cu]. The summed E-state index contributed by atoms with van der Waals surface area (Å²) in [7, 11) is 4.47. The Morgan fingerprint density at radius 2 is 1.33 bits per heavy atom. The average Bonchev–Trinajstić information content (AvgIpc) is 3.72. The molecular weight excluding hydrogens is 832 g/mol. The van der Waals surface area contributed by atoms with Crippen LogP contribution < -0.4 is 0 Å². The zero-order chi connectivity index (χ0) is 33.9. The van der Waals surface area contributed by atoms with Crippen LogP contribution in [0.15, 0.2) is 68.2 Å². The van der Waals surface area contributed by atoms with Crippen molar-refractivity contribution in [3.63, 3.8) is 0 Å². The Kier molecular flexibility index (Phi) is 21.2. The number of furan rings is 1. The van der Waals surface area contributed by atoms with Crippen LogP contribution in [0.4, 0.5) is 0 Å². The first-order valence-electron chi connectivity index (χ1n) is 12.6. The molecule has 48 heavy (non-hydrogen) atoms. The van der Waals surface area contributed by atoms with Gasteiger partial charge in [-0.3, -0.25) is 28.7 Å². The summed E-state index contributed by atoms with van der Waals surface area (Å²) in [5.74, 6) is -0.763. The Labute approximate surface area is 312 Å². The monoisotopic (exact) mass is 859 g/mol. The fourth-order valence-corrected chi connectivity index (χ4v) is 4.38. The number of ketones is 5. The van der Waals surface area contributed by atoms with Gasteiger partial charge in [0.25, 0.3) is 0 Å². The molecule has 1 aromatic heterocycles. The van der Waals surface area contributed by atoms with E-state index in [9.17, 15) is 29.1 Å². The molecule has 0 atom stereocenters. The van der Waals surface area contributed by atoms with Crippen LogP contribution in [0.5, 0.6) is 0 Å². The minimum atomic E-state index is -0.736. The minimum absolute atomic E-state index is 0. The number of hydrogen-bond acceptors (Lipinski definition) is 11. The number of fused-ring (bicyclic) bond motifs is 3. The van der Waals surface area contributed by atoms with Gasteiger partial charge in [0.1, 0.15) is 10.2 Å². The van der Waals surface area contributed by atoms with Crippen LogP contribution in [0.3, 0.4) is 0 Å². The summed E-state index contributed by atoms with van der Waals surface area (Å²) in [6, 6.07) is 14.3. The molecule has 1 radical (unpaired) electrons. The number of allylic oxidation sites excluding steroid dienone is 1. The maximum absolute atomic E-state index is 12.2. The fraction of sp³-hybridized carbons (Fsp3) is 0.219. The molecule has 0 unspecified atom stereocenters. The van der Waals surface area contributed by atoms with Gasteiger partial charge in [0.15, 0.2) is 23.1 Å². The van der Waals surface area contributed by atoms with E-state index < -0.39 is 17.4 Å². The van der Waals surface area contributed by atoms with Gasteiger partial charge >= 0.3 is 19.8 Å². The van der Waals surface area contributed by atoms with E-state index in [1.807, 2.05) is 0 Å². The van der Waals surface area contributed by atoms with Gasteiger partial charge in [0.2, 0.25) is 23.1 Å². The number of aliphatic hydroxyl groups excluding tert-OH is 1. The fourth-order valence-electron chi connectivity index (χ4n) is 3.98. The van der Waals surface area contributed by atoms with Gasteiger partial charge in [-0.15, -0.1) is 18.8 Å². The van der Waals surface area contributed by atoms with Gasteiger partial charge in [-0.25, -0.2) is 0 Å². The summed E-state index contributed by atoms with van der Waals surface area (Å²) < 4.78 is 26.3. The molecule has 1 saturated heterocycles. The number of carbonyl (C=O) groups excluding carboxylic acids is 5. The second-order valence-electron chi connectivity index (χ2n) is 8.99. The maximum atomic E-state index is 12.2. The van der Waals surface area contributed by atoms with Gasteiger partial charge in [0.05, 0.1) is 18.8 Å². The molecule has 0 spiro atoms. The number of aliphatic hydroxyl groups is 1. The molecule has 2 aliphatic carbocycles. The van der Waals surface area contributed by atoms with E-state index in [1.54, 1.807) is 56.4 Å². The van der Waals surface area contributed by atoms with E-state index in [-0.39, 0.29) is 87.1 Å². The van der Waals surface area contributed by atoms with Crippen molar-refractivity contribution < 1.29 is 79.8 Å². The van der Waals surface area contributed by atoms with Gasteiger partial charge < -0.3 is 19.0 Å². The quantitative estimate of drug-likeness (QED) is 0.0726. The van der Waals surface area contributed by atoms with Crippen molar-refractivity contribution in [1.82, 2.24) is 0 Å². The third-order valence-electron chi connectivity index (χ3n) is 6.09. The van der Waals surface area contributed by atoms with E-state index in [0.717, 1.165) is 0 Å². The van der Waals surface area contributed by atoms with Crippen LogP contribution in [0, 0.1) is 12.3 Å². The Hall–Kier alpha value is -3.20. The average molecular weight is 862 g/mol. The summed E-state index contributed by atoms with van der Waals surface area (Å²) in [6.07, 6.45) is 5.07. The molecule has 1 N–H and O–H groups in total. The van der Waals surface area contributed by atoms with E-state index in [0.29, 0.717) is 29.9 Å². The third-order valence-corrected chi connectivity index (χ3v) is 6.82. The van der Waals surface area contributed by atoms with Crippen molar-refractivity contribution >= 4 is 72.0 Å². The first kappa shape index (κ1) is 46.9. The van der Waals surface area contributed by atoms with Gasteiger partial charge in [-0.1, -0.05) is 56.0 Å². The van der Waals surface area contributed by atoms with Crippen molar-refractivity contribution in [3.05, 3.63) is 98.4 Å². The molecule has 2 heterocycles. The number of benzene rings is 2. The number of carbonyl (C=O) groups is 5. The van der Waals surface area contributed by atoms with E-state index in [1.165, 1.54) is 19.1 Å². The molecular formula is C32H30BrClCu2NO10P. The van der Waals surface area contributed by atoms with Gasteiger partial charge in [-0.2, -0.15) is 0 Å². The van der Waals surface area contributed by atoms with Crippen molar-refractivity contribution in [3.8, 4) is 12.3 Å². The molecule has 6 rings (SSSR count). The van der Waals surface area contributed by atoms with Crippen LogP contribution in [-0.4, -0.2) is 60.1 Å². The summed E-state index contributed by atoms with van der Waals surface area (Å²) in [5, 5.41) is 9.58. The first-order valence-corrected chi connectivity index (χ1v) is 14.3. The van der Waals surface area contributed by atoms with Crippen LogP contribution in [0.2, 0.25) is 0 Å². The van der Waals surface area contributed by atoms with Crippen LogP contribution in [0.25, 0.3) is 5.76 Å². The van der Waals surface area contributed by atoms with Crippen molar-refractivity contribution in [2.24, 2.45) is 4.74 Å². The Balaban J connectivity index is 0. The molecule has 0 saturated carbocycles. The molecule has 0 amide bonds. The predicted octanol–water partition coefficient (Wildman–Crippen LogP) is 6.59. The second kappa shape index (κ2) is 21.7.